The maximum Gasteiger partial charge on any atom is 0.152 e. The first-order valence-corrected chi connectivity index (χ1v) is 5.76. The smallest absolute Gasteiger partial charge is 0.152 e. The minimum Gasteiger partial charge on any atom is -0.506 e. The Hall–Kier alpha value is -0.910. The van der Waals surface area contributed by atoms with Crippen molar-refractivity contribution in [1.29, 1.82) is 0 Å². The molecule has 1 aliphatic rings. The number of hydrogen-bond acceptors (Lipinski definition) is 3. The van der Waals surface area contributed by atoms with Gasteiger partial charge in [-0.2, -0.15) is 0 Å². The molecule has 1 heterocycles. The zero-order valence-electron chi connectivity index (χ0n) is 9.14. The number of phenols is 1. The second-order valence-electron chi connectivity index (χ2n) is 4.01. The van der Waals surface area contributed by atoms with Crippen molar-refractivity contribution >= 4 is 11.6 Å². The van der Waals surface area contributed by atoms with Gasteiger partial charge in [-0.05, 0) is 0 Å². The minimum absolute atomic E-state index is 0.0882. The summed E-state index contributed by atoms with van der Waals surface area (Å²) in [5.74, 6) is -2.20. The molecular formula is C11H13ClF2N2O. The molecule has 1 saturated heterocycles. The molecule has 94 valence electrons. The molecule has 0 unspecified atom stereocenters. The maximum atomic E-state index is 13.7. The van der Waals surface area contributed by atoms with Gasteiger partial charge in [0.05, 0.1) is 0 Å². The predicted molar refractivity (Wildman–Crippen MR) is 61.2 cm³/mol. The third kappa shape index (κ3) is 2.68. The highest BCUT2D eigenvalue weighted by atomic mass is 35.5. The number of aromatic hydroxyl groups is 1. The third-order valence-electron chi connectivity index (χ3n) is 2.83. The first kappa shape index (κ1) is 12.5. The Kier molecular flexibility index (Phi) is 3.81. The molecule has 17 heavy (non-hydrogen) atoms. The minimum atomic E-state index is -0.873. The molecule has 0 bridgehead atoms. The average molecular weight is 263 g/mol. The van der Waals surface area contributed by atoms with Gasteiger partial charge in [0.25, 0.3) is 0 Å². The summed E-state index contributed by atoms with van der Waals surface area (Å²) in [4.78, 5) is 1.94. The van der Waals surface area contributed by atoms with Crippen LogP contribution in [0.1, 0.15) is 5.56 Å². The SMILES string of the molecule is Oc1cc(F)c(CN2CCNCC2)c(F)c1Cl. The van der Waals surface area contributed by atoms with Crippen LogP contribution in [0.3, 0.4) is 0 Å². The maximum absolute atomic E-state index is 13.7. The summed E-state index contributed by atoms with van der Waals surface area (Å²) in [7, 11) is 0. The van der Waals surface area contributed by atoms with Crippen molar-refractivity contribution < 1.29 is 13.9 Å². The molecule has 0 aromatic heterocycles. The van der Waals surface area contributed by atoms with Crippen molar-refractivity contribution in [3.05, 3.63) is 28.3 Å². The van der Waals surface area contributed by atoms with Crippen LogP contribution in [0.4, 0.5) is 8.78 Å². The fourth-order valence-electron chi connectivity index (χ4n) is 1.86. The molecule has 0 saturated carbocycles. The number of halogens is 3. The molecule has 1 aromatic carbocycles. The van der Waals surface area contributed by atoms with Crippen molar-refractivity contribution in [2.75, 3.05) is 26.2 Å². The molecule has 1 aromatic rings. The van der Waals surface area contributed by atoms with Crippen LogP contribution < -0.4 is 5.32 Å². The van der Waals surface area contributed by atoms with E-state index in [1.807, 2.05) is 4.90 Å². The topological polar surface area (TPSA) is 35.5 Å². The Labute approximate surface area is 103 Å². The van der Waals surface area contributed by atoms with E-state index in [4.69, 9.17) is 11.6 Å². The standard InChI is InChI=1S/C11H13ClF2N2O/c12-10-9(17)5-8(13)7(11(10)14)6-16-3-1-15-2-4-16/h5,15,17H,1-4,6H2. The van der Waals surface area contributed by atoms with Gasteiger partial charge in [-0.3, -0.25) is 4.90 Å². The van der Waals surface area contributed by atoms with Crippen LogP contribution in [0.5, 0.6) is 5.75 Å². The van der Waals surface area contributed by atoms with E-state index in [1.54, 1.807) is 0 Å². The number of hydrogen-bond donors (Lipinski definition) is 2. The van der Waals surface area contributed by atoms with Gasteiger partial charge in [0.1, 0.15) is 16.6 Å². The highest BCUT2D eigenvalue weighted by molar-refractivity contribution is 6.32. The molecule has 0 amide bonds. The van der Waals surface area contributed by atoms with Gasteiger partial charge in [-0.1, -0.05) is 11.6 Å². The second-order valence-corrected chi connectivity index (χ2v) is 4.39. The van der Waals surface area contributed by atoms with Gasteiger partial charge >= 0.3 is 0 Å². The van der Waals surface area contributed by atoms with Crippen molar-refractivity contribution in [2.24, 2.45) is 0 Å². The van der Waals surface area contributed by atoms with E-state index in [0.717, 1.165) is 32.2 Å². The number of rotatable bonds is 2. The molecule has 0 spiro atoms. The summed E-state index contributed by atoms with van der Waals surface area (Å²) in [6, 6.07) is 0.850. The van der Waals surface area contributed by atoms with Crippen molar-refractivity contribution in [1.82, 2.24) is 10.2 Å². The normalized spacial score (nSPS) is 17.4. The van der Waals surface area contributed by atoms with Crippen LogP contribution in [0, 0.1) is 11.6 Å². The van der Waals surface area contributed by atoms with Crippen LogP contribution in [0.2, 0.25) is 5.02 Å². The predicted octanol–water partition coefficient (Wildman–Crippen LogP) is 1.73. The van der Waals surface area contributed by atoms with E-state index in [-0.39, 0.29) is 12.1 Å². The lowest BCUT2D eigenvalue weighted by Gasteiger charge is -2.27. The Morgan fingerprint density at radius 2 is 2.00 bits per heavy atom. The van der Waals surface area contributed by atoms with Gasteiger partial charge in [0, 0.05) is 44.4 Å². The third-order valence-corrected chi connectivity index (χ3v) is 3.19. The molecule has 6 heteroatoms. The van der Waals surface area contributed by atoms with E-state index in [1.165, 1.54) is 0 Å². The van der Waals surface area contributed by atoms with E-state index in [2.05, 4.69) is 5.32 Å². The zero-order valence-corrected chi connectivity index (χ0v) is 9.90. The lowest BCUT2D eigenvalue weighted by atomic mass is 10.1. The van der Waals surface area contributed by atoms with Crippen LogP contribution in [-0.2, 0) is 6.54 Å². The van der Waals surface area contributed by atoms with Crippen molar-refractivity contribution in [3.8, 4) is 5.75 Å². The van der Waals surface area contributed by atoms with Crippen LogP contribution in [0.25, 0.3) is 0 Å². The Bertz CT molecular complexity index is 422. The first-order chi connectivity index (χ1) is 8.09. The van der Waals surface area contributed by atoms with Gasteiger partial charge in [-0.15, -0.1) is 0 Å². The Balaban J connectivity index is 2.22. The molecule has 3 nitrogen and oxygen atoms in total. The molecule has 1 fully saturated rings. The first-order valence-electron chi connectivity index (χ1n) is 5.38. The molecule has 2 N–H and O–H groups in total. The zero-order chi connectivity index (χ0) is 12.4. The summed E-state index contributed by atoms with van der Waals surface area (Å²) in [6.07, 6.45) is 0. The summed E-state index contributed by atoms with van der Waals surface area (Å²) in [5, 5.41) is 11.9. The Morgan fingerprint density at radius 1 is 1.35 bits per heavy atom. The fourth-order valence-corrected chi connectivity index (χ4v) is 2.03. The monoisotopic (exact) mass is 262 g/mol. The lowest BCUT2D eigenvalue weighted by Crippen LogP contribution is -2.43. The largest absolute Gasteiger partial charge is 0.506 e. The summed E-state index contributed by atoms with van der Waals surface area (Å²) < 4.78 is 27.2. The summed E-state index contributed by atoms with van der Waals surface area (Å²) >= 11 is 5.55. The number of piperazine rings is 1. The average Bonchev–Trinajstić information content (AvgIpc) is 2.33. The van der Waals surface area contributed by atoms with Gasteiger partial charge in [0.15, 0.2) is 5.82 Å². The second kappa shape index (κ2) is 5.16. The number of phenolic OH excluding ortho intramolecular Hbond substituents is 1. The van der Waals surface area contributed by atoms with Gasteiger partial charge in [0.2, 0.25) is 0 Å². The van der Waals surface area contributed by atoms with Crippen molar-refractivity contribution in [2.45, 2.75) is 6.54 Å². The van der Waals surface area contributed by atoms with Gasteiger partial charge < -0.3 is 10.4 Å². The fraction of sp³-hybridized carbons (Fsp3) is 0.455. The number of nitrogens with one attached hydrogen (secondary N) is 1. The van der Waals surface area contributed by atoms with Crippen LogP contribution in [0.15, 0.2) is 6.07 Å². The van der Waals surface area contributed by atoms with Crippen LogP contribution in [-0.4, -0.2) is 36.2 Å². The van der Waals surface area contributed by atoms with E-state index < -0.39 is 22.4 Å². The molecular weight excluding hydrogens is 250 g/mol. The summed E-state index contributed by atoms with van der Waals surface area (Å²) in [5.41, 5.74) is -0.0882. The number of nitrogens with zero attached hydrogens (tertiary/aromatic N) is 1. The van der Waals surface area contributed by atoms with Gasteiger partial charge in [-0.25, -0.2) is 8.78 Å². The van der Waals surface area contributed by atoms with E-state index >= 15 is 0 Å². The molecule has 1 aliphatic heterocycles. The summed E-state index contributed by atoms with van der Waals surface area (Å²) in [6.45, 7) is 3.23. The lowest BCUT2D eigenvalue weighted by molar-refractivity contribution is 0.227. The quantitative estimate of drug-likeness (QED) is 0.797. The highest BCUT2D eigenvalue weighted by Gasteiger charge is 2.20. The number of benzene rings is 1. The van der Waals surface area contributed by atoms with E-state index in [0.29, 0.717) is 0 Å². The highest BCUT2D eigenvalue weighted by Crippen LogP contribution is 2.31. The van der Waals surface area contributed by atoms with Crippen LogP contribution >= 0.6 is 11.6 Å². The van der Waals surface area contributed by atoms with E-state index in [9.17, 15) is 13.9 Å². The molecule has 0 atom stereocenters. The van der Waals surface area contributed by atoms with Crippen molar-refractivity contribution in [3.63, 3.8) is 0 Å². The molecule has 0 aliphatic carbocycles. The molecule has 2 rings (SSSR count). The molecule has 0 radical (unpaired) electrons. The Morgan fingerprint density at radius 3 is 2.65 bits per heavy atom.